The molecule has 53 heavy (non-hydrogen) atoms. The Kier molecular flexibility index (Phi) is 15.9. The Morgan fingerprint density at radius 3 is 2.08 bits per heavy atom. The van der Waals surface area contributed by atoms with Gasteiger partial charge in [-0.05, 0) is 49.0 Å². The average molecular weight is 737 g/mol. The highest BCUT2D eigenvalue weighted by molar-refractivity contribution is 5.95. The molecule has 1 N–H and O–H groups in total. The molecule has 2 aliphatic rings. The maximum atomic E-state index is 14.5. The number of terminal acetylenes is 1. The average Bonchev–Trinajstić information content (AvgIpc) is 3.61. The number of nitrogens with one attached hydrogen (secondary N) is 1. The van der Waals surface area contributed by atoms with Crippen LogP contribution in [0.2, 0.25) is 0 Å². The standard InChI is InChI=1S/C41H60N4O8/c1-11-13-15-22-31-28(8)36(46)42-33(25(3)4)39(49)43(9)34(26(5)6)40(50)53-32(24-29-19-16-14-17-20-29)38(48)45-23-18-21-30(45)37(47)44(10)35(27(7)12-2)41(51)52-31/h1,14,16-17,19-20,25-28,30-35H,12-13,15,18,21-24H2,2-10H3,(H,42,46)/t27-,28?,30-,31?,32-,33-,34+,35-/m1/s1. The minimum absolute atomic E-state index is 0.0482. The smallest absolute Gasteiger partial charge is 0.329 e. The van der Waals surface area contributed by atoms with E-state index in [-0.39, 0.29) is 31.2 Å². The number of carbonyl (C=O) groups excluding carboxylic acids is 6. The fraction of sp³-hybridized carbons (Fsp3) is 0.659. The highest BCUT2D eigenvalue weighted by Crippen LogP contribution is 2.27. The molecule has 2 fully saturated rings. The van der Waals surface area contributed by atoms with Crippen molar-refractivity contribution < 1.29 is 38.2 Å². The summed E-state index contributed by atoms with van der Waals surface area (Å²) in [5, 5.41) is 2.87. The quantitative estimate of drug-likeness (QED) is 0.228. The topological polar surface area (TPSA) is 143 Å². The van der Waals surface area contributed by atoms with E-state index >= 15 is 0 Å². The molecule has 0 radical (unpaired) electrons. The monoisotopic (exact) mass is 736 g/mol. The number of carbonyl (C=O) groups is 6. The van der Waals surface area contributed by atoms with Crippen molar-refractivity contribution in [3.8, 4) is 12.3 Å². The van der Waals surface area contributed by atoms with Gasteiger partial charge in [0.2, 0.25) is 17.7 Å². The van der Waals surface area contributed by atoms with E-state index in [1.807, 2.05) is 44.2 Å². The molecular formula is C41H60N4O8. The van der Waals surface area contributed by atoms with Gasteiger partial charge in [0, 0.05) is 33.5 Å². The molecule has 0 spiro atoms. The number of esters is 2. The SMILES string of the molecule is C#CCCCC1OC(=O)[C@@H]([C@H](C)CC)N(C)C(=O)[C@H]2CCCN2C(=O)[C@@H](Cc2ccccc2)OC(=O)[C@H](C(C)C)N(C)C(=O)[C@@H](C(C)C)NC(=O)C1C. The summed E-state index contributed by atoms with van der Waals surface area (Å²) in [6.45, 7) is 12.8. The molecule has 12 heteroatoms. The summed E-state index contributed by atoms with van der Waals surface area (Å²) < 4.78 is 12.2. The number of unbranched alkanes of at least 4 members (excludes halogenated alkanes) is 1. The second-order valence-electron chi connectivity index (χ2n) is 15.3. The summed E-state index contributed by atoms with van der Waals surface area (Å²) in [4.78, 5) is 89.2. The first kappa shape index (κ1) is 43.0. The molecule has 0 bridgehead atoms. The third-order valence-electron chi connectivity index (χ3n) is 10.7. The van der Waals surface area contributed by atoms with Crippen LogP contribution in [0.15, 0.2) is 30.3 Å². The van der Waals surface area contributed by atoms with Crippen LogP contribution in [0.25, 0.3) is 0 Å². The molecule has 292 valence electrons. The Hall–Kier alpha value is -4.40. The molecule has 1 aromatic rings. The van der Waals surface area contributed by atoms with Gasteiger partial charge in [-0.25, -0.2) is 9.59 Å². The van der Waals surface area contributed by atoms with E-state index in [4.69, 9.17) is 15.9 Å². The van der Waals surface area contributed by atoms with Crippen molar-refractivity contribution in [3.63, 3.8) is 0 Å². The predicted octanol–water partition coefficient (Wildman–Crippen LogP) is 3.99. The Morgan fingerprint density at radius 1 is 0.868 bits per heavy atom. The van der Waals surface area contributed by atoms with Crippen LogP contribution in [0.4, 0.5) is 0 Å². The largest absolute Gasteiger partial charge is 0.460 e. The Morgan fingerprint density at radius 2 is 1.49 bits per heavy atom. The van der Waals surface area contributed by atoms with Gasteiger partial charge in [-0.1, -0.05) is 85.2 Å². The molecule has 8 atom stereocenters. The summed E-state index contributed by atoms with van der Waals surface area (Å²) in [6.07, 6.45) is 5.96. The van der Waals surface area contributed by atoms with Gasteiger partial charge in [-0.2, -0.15) is 0 Å². The van der Waals surface area contributed by atoms with Gasteiger partial charge >= 0.3 is 11.9 Å². The lowest BCUT2D eigenvalue weighted by atomic mass is 9.94. The summed E-state index contributed by atoms with van der Waals surface area (Å²) in [5.74, 6) is -2.85. The zero-order valence-corrected chi connectivity index (χ0v) is 33.0. The van der Waals surface area contributed by atoms with E-state index < -0.39 is 83.8 Å². The first-order valence-corrected chi connectivity index (χ1v) is 19.1. The van der Waals surface area contributed by atoms with Crippen LogP contribution in [-0.4, -0.2) is 107 Å². The molecule has 2 aliphatic heterocycles. The fourth-order valence-corrected chi connectivity index (χ4v) is 7.29. The highest BCUT2D eigenvalue weighted by Gasteiger charge is 2.45. The Bertz CT molecular complexity index is 1490. The molecule has 0 saturated carbocycles. The minimum Gasteiger partial charge on any atom is -0.460 e. The van der Waals surface area contributed by atoms with Crippen molar-refractivity contribution in [1.82, 2.24) is 20.0 Å². The van der Waals surface area contributed by atoms with Crippen LogP contribution in [-0.2, 0) is 44.7 Å². The van der Waals surface area contributed by atoms with Crippen LogP contribution >= 0.6 is 0 Å². The number of likely N-dealkylation sites (N-methyl/N-ethyl adjacent to an activating group) is 2. The third-order valence-corrected chi connectivity index (χ3v) is 10.7. The second-order valence-corrected chi connectivity index (χ2v) is 15.3. The van der Waals surface area contributed by atoms with Gasteiger partial charge in [0.1, 0.15) is 30.3 Å². The Labute approximate surface area is 315 Å². The van der Waals surface area contributed by atoms with E-state index in [0.29, 0.717) is 32.1 Å². The van der Waals surface area contributed by atoms with E-state index in [1.54, 1.807) is 34.6 Å². The third kappa shape index (κ3) is 10.6. The van der Waals surface area contributed by atoms with E-state index in [2.05, 4.69) is 11.2 Å². The first-order valence-electron chi connectivity index (χ1n) is 19.1. The van der Waals surface area contributed by atoms with Crippen molar-refractivity contribution >= 4 is 35.6 Å². The number of ether oxygens (including phenoxy) is 2. The van der Waals surface area contributed by atoms with Gasteiger partial charge in [0.15, 0.2) is 6.10 Å². The van der Waals surface area contributed by atoms with E-state index in [1.165, 1.54) is 28.8 Å². The lowest BCUT2D eigenvalue weighted by molar-refractivity contribution is -0.170. The van der Waals surface area contributed by atoms with Crippen molar-refractivity contribution in [3.05, 3.63) is 35.9 Å². The van der Waals surface area contributed by atoms with Crippen LogP contribution in [0.5, 0.6) is 0 Å². The van der Waals surface area contributed by atoms with Gasteiger partial charge < -0.3 is 29.5 Å². The number of amides is 4. The summed E-state index contributed by atoms with van der Waals surface area (Å²) in [6, 6.07) is 5.09. The van der Waals surface area contributed by atoms with Crippen molar-refractivity contribution in [2.75, 3.05) is 20.6 Å². The normalized spacial score (nSPS) is 27.7. The number of hydrogen-bond donors (Lipinski definition) is 1. The first-order chi connectivity index (χ1) is 25.0. The minimum atomic E-state index is -1.30. The van der Waals surface area contributed by atoms with Crippen molar-refractivity contribution in [1.29, 1.82) is 0 Å². The molecular weight excluding hydrogens is 676 g/mol. The number of cyclic esters (lactones) is 2. The molecule has 0 aromatic heterocycles. The van der Waals surface area contributed by atoms with Crippen LogP contribution < -0.4 is 5.32 Å². The van der Waals surface area contributed by atoms with Gasteiger partial charge in [0.05, 0.1) is 5.92 Å². The second kappa shape index (κ2) is 19.6. The van der Waals surface area contributed by atoms with Crippen LogP contribution in [0, 0.1) is 36.0 Å². The van der Waals surface area contributed by atoms with Crippen LogP contribution in [0.3, 0.4) is 0 Å². The maximum absolute atomic E-state index is 14.5. The van der Waals surface area contributed by atoms with E-state index in [0.717, 1.165) is 5.56 Å². The fourth-order valence-electron chi connectivity index (χ4n) is 7.29. The molecule has 2 saturated heterocycles. The summed E-state index contributed by atoms with van der Waals surface area (Å²) >= 11 is 0. The number of fused-ring (bicyclic) bond motifs is 1. The zero-order chi connectivity index (χ0) is 39.6. The van der Waals surface area contributed by atoms with Crippen molar-refractivity contribution in [2.24, 2.45) is 23.7 Å². The molecule has 1 aromatic carbocycles. The Balaban J connectivity index is 2.18. The number of rotatable bonds is 9. The zero-order valence-electron chi connectivity index (χ0n) is 33.0. The number of nitrogens with zero attached hydrogens (tertiary/aromatic N) is 3. The highest BCUT2D eigenvalue weighted by atomic mass is 16.6. The predicted molar refractivity (Wildman–Crippen MR) is 201 cm³/mol. The number of benzene rings is 1. The lowest BCUT2D eigenvalue weighted by Crippen LogP contribution is -2.57. The van der Waals surface area contributed by atoms with Gasteiger partial charge in [-0.15, -0.1) is 12.3 Å². The molecule has 4 amide bonds. The summed E-state index contributed by atoms with van der Waals surface area (Å²) in [7, 11) is 3.02. The molecule has 2 heterocycles. The van der Waals surface area contributed by atoms with Gasteiger partial charge in [0.25, 0.3) is 5.91 Å². The maximum Gasteiger partial charge on any atom is 0.329 e. The lowest BCUT2D eigenvalue weighted by Gasteiger charge is -2.36. The van der Waals surface area contributed by atoms with Crippen molar-refractivity contribution in [2.45, 2.75) is 130 Å². The van der Waals surface area contributed by atoms with Gasteiger partial charge in [-0.3, -0.25) is 19.2 Å². The molecule has 12 nitrogen and oxygen atoms in total. The van der Waals surface area contributed by atoms with Crippen LogP contribution in [0.1, 0.15) is 92.6 Å². The summed E-state index contributed by atoms with van der Waals surface area (Å²) in [5.41, 5.74) is 0.745. The molecule has 2 unspecified atom stereocenters. The molecule has 3 rings (SSSR count). The number of hydrogen-bond acceptors (Lipinski definition) is 8. The molecule has 0 aliphatic carbocycles. The van der Waals surface area contributed by atoms with E-state index in [9.17, 15) is 28.8 Å².